The summed E-state index contributed by atoms with van der Waals surface area (Å²) in [5.74, 6) is 0.146. The Morgan fingerprint density at radius 2 is 2.00 bits per heavy atom. The Morgan fingerprint density at radius 1 is 1.28 bits per heavy atom. The Bertz CT molecular complexity index is 521. The van der Waals surface area contributed by atoms with E-state index in [1.807, 2.05) is 0 Å². The average Bonchev–Trinajstić information content (AvgIpc) is 2.93. The first-order chi connectivity index (χ1) is 8.66. The Hall–Kier alpha value is -1.91. The fourth-order valence-electron chi connectivity index (χ4n) is 3.15. The van der Waals surface area contributed by atoms with Gasteiger partial charge in [0.15, 0.2) is 0 Å². The smallest absolute Gasteiger partial charge is 0.269 e. The van der Waals surface area contributed by atoms with Crippen LogP contribution in [0.2, 0.25) is 0 Å². The molecule has 5 nitrogen and oxygen atoms in total. The molecule has 0 saturated heterocycles. The van der Waals surface area contributed by atoms with E-state index < -0.39 is 4.92 Å². The van der Waals surface area contributed by atoms with Crippen molar-refractivity contribution >= 4 is 17.3 Å². The van der Waals surface area contributed by atoms with Gasteiger partial charge in [0.25, 0.3) is 5.69 Å². The van der Waals surface area contributed by atoms with Crippen molar-refractivity contribution in [3.05, 3.63) is 33.9 Å². The van der Waals surface area contributed by atoms with Crippen LogP contribution in [0.5, 0.6) is 0 Å². The van der Waals surface area contributed by atoms with Crippen molar-refractivity contribution in [1.82, 2.24) is 0 Å². The number of amides is 1. The minimum atomic E-state index is -0.408. The fraction of sp³-hybridized carbons (Fsp3) is 0.462. The predicted octanol–water partition coefficient (Wildman–Crippen LogP) is 2.82. The molecule has 1 saturated carbocycles. The first-order valence-corrected chi connectivity index (χ1v) is 6.26. The maximum atomic E-state index is 12.0. The Kier molecular flexibility index (Phi) is 2.54. The van der Waals surface area contributed by atoms with Crippen LogP contribution >= 0.6 is 0 Å². The highest BCUT2D eigenvalue weighted by atomic mass is 16.6. The second-order valence-electron chi connectivity index (χ2n) is 5.04. The Balaban J connectivity index is 2.01. The highest BCUT2D eigenvalue weighted by molar-refractivity contribution is 6.03. The topological polar surface area (TPSA) is 72.2 Å². The molecule has 0 radical (unpaired) electrons. The van der Waals surface area contributed by atoms with E-state index in [1.165, 1.54) is 6.07 Å². The van der Waals surface area contributed by atoms with Gasteiger partial charge >= 0.3 is 0 Å². The number of hydrogen-bond acceptors (Lipinski definition) is 3. The minimum absolute atomic E-state index is 0.00241. The Morgan fingerprint density at radius 3 is 2.67 bits per heavy atom. The van der Waals surface area contributed by atoms with Crippen LogP contribution in [0, 0.1) is 16.0 Å². The summed E-state index contributed by atoms with van der Waals surface area (Å²) in [6, 6.07) is 4.63. The molecule has 0 bridgehead atoms. The number of anilines is 1. The van der Waals surface area contributed by atoms with Gasteiger partial charge in [-0.25, -0.2) is 0 Å². The molecule has 2 aliphatic rings. The fourth-order valence-corrected chi connectivity index (χ4v) is 3.15. The summed E-state index contributed by atoms with van der Waals surface area (Å²) < 4.78 is 0. The SMILES string of the molecule is O=C1Nc2ccc([N+](=O)[O-])cc2C1C1CCCC1. The summed E-state index contributed by atoms with van der Waals surface area (Å²) in [5.41, 5.74) is 1.61. The van der Waals surface area contributed by atoms with E-state index in [0.29, 0.717) is 5.92 Å². The van der Waals surface area contributed by atoms with Crippen LogP contribution in [-0.2, 0) is 4.79 Å². The number of nitrogens with zero attached hydrogens (tertiary/aromatic N) is 1. The van der Waals surface area contributed by atoms with E-state index in [2.05, 4.69) is 5.32 Å². The highest BCUT2D eigenvalue weighted by Crippen LogP contribution is 2.44. The number of nitro groups is 1. The maximum absolute atomic E-state index is 12.0. The van der Waals surface area contributed by atoms with Gasteiger partial charge in [0.05, 0.1) is 10.8 Å². The number of nitrogens with one attached hydrogen (secondary N) is 1. The van der Waals surface area contributed by atoms with Crippen LogP contribution in [0.3, 0.4) is 0 Å². The zero-order chi connectivity index (χ0) is 12.7. The minimum Gasteiger partial charge on any atom is -0.325 e. The van der Waals surface area contributed by atoms with Crippen molar-refractivity contribution in [2.24, 2.45) is 5.92 Å². The predicted molar refractivity (Wildman–Crippen MR) is 66.4 cm³/mol. The molecule has 1 unspecified atom stereocenters. The maximum Gasteiger partial charge on any atom is 0.269 e. The van der Waals surface area contributed by atoms with Crippen LogP contribution in [-0.4, -0.2) is 10.8 Å². The summed E-state index contributed by atoms with van der Waals surface area (Å²) in [6.45, 7) is 0. The zero-order valence-corrected chi connectivity index (χ0v) is 9.89. The lowest BCUT2D eigenvalue weighted by molar-refractivity contribution is -0.384. The Labute approximate surface area is 104 Å². The molecule has 1 aliphatic carbocycles. The van der Waals surface area contributed by atoms with E-state index in [9.17, 15) is 14.9 Å². The second-order valence-corrected chi connectivity index (χ2v) is 5.04. The van der Waals surface area contributed by atoms with Crippen molar-refractivity contribution in [2.45, 2.75) is 31.6 Å². The normalized spacial score (nSPS) is 22.9. The second kappa shape index (κ2) is 4.08. The molecule has 18 heavy (non-hydrogen) atoms. The van der Waals surface area contributed by atoms with Gasteiger partial charge in [0.2, 0.25) is 5.91 Å². The van der Waals surface area contributed by atoms with Crippen LogP contribution in [0.1, 0.15) is 37.2 Å². The van der Waals surface area contributed by atoms with Gasteiger partial charge in [-0.2, -0.15) is 0 Å². The molecule has 1 heterocycles. The summed E-state index contributed by atoms with van der Waals surface area (Å²) in [7, 11) is 0. The molecular formula is C13H14N2O3. The molecule has 1 atom stereocenters. The van der Waals surface area contributed by atoms with E-state index in [1.54, 1.807) is 12.1 Å². The number of carbonyl (C=O) groups excluding carboxylic acids is 1. The summed E-state index contributed by atoms with van der Waals surface area (Å²) in [5, 5.41) is 13.6. The van der Waals surface area contributed by atoms with Gasteiger partial charge < -0.3 is 5.32 Å². The van der Waals surface area contributed by atoms with Gasteiger partial charge in [0, 0.05) is 17.8 Å². The van der Waals surface area contributed by atoms with Gasteiger partial charge in [-0.1, -0.05) is 12.8 Å². The summed E-state index contributed by atoms with van der Waals surface area (Å²) in [6.07, 6.45) is 4.39. The first-order valence-electron chi connectivity index (χ1n) is 6.26. The van der Waals surface area contributed by atoms with Crippen molar-refractivity contribution in [3.8, 4) is 0 Å². The lowest BCUT2D eigenvalue weighted by Gasteiger charge is -2.15. The van der Waals surface area contributed by atoms with Crippen LogP contribution in [0.25, 0.3) is 0 Å². The molecule has 1 aromatic carbocycles. The summed E-state index contributed by atoms with van der Waals surface area (Å²) >= 11 is 0. The molecule has 1 aromatic rings. The number of rotatable bonds is 2. The summed E-state index contributed by atoms with van der Waals surface area (Å²) in [4.78, 5) is 22.4. The number of benzene rings is 1. The number of non-ortho nitro benzene ring substituents is 1. The molecule has 1 N–H and O–H groups in total. The van der Waals surface area contributed by atoms with Gasteiger partial charge in [-0.3, -0.25) is 14.9 Å². The van der Waals surface area contributed by atoms with Crippen molar-refractivity contribution in [1.29, 1.82) is 0 Å². The molecule has 1 fully saturated rings. The van der Waals surface area contributed by atoms with E-state index in [0.717, 1.165) is 36.9 Å². The van der Waals surface area contributed by atoms with Gasteiger partial charge in [0.1, 0.15) is 0 Å². The molecular weight excluding hydrogens is 232 g/mol. The van der Waals surface area contributed by atoms with Crippen molar-refractivity contribution in [2.75, 3.05) is 5.32 Å². The molecule has 0 spiro atoms. The van der Waals surface area contributed by atoms with Crippen molar-refractivity contribution in [3.63, 3.8) is 0 Å². The van der Waals surface area contributed by atoms with E-state index in [4.69, 9.17) is 0 Å². The lowest BCUT2D eigenvalue weighted by Crippen LogP contribution is -2.18. The standard InChI is InChI=1S/C13H14N2O3/c16-13-12(8-3-1-2-4-8)10-7-9(15(17)18)5-6-11(10)14-13/h5-8,12H,1-4H2,(H,14,16). The van der Waals surface area contributed by atoms with Crippen LogP contribution < -0.4 is 5.32 Å². The molecule has 3 rings (SSSR count). The molecule has 94 valence electrons. The third kappa shape index (κ3) is 1.66. The highest BCUT2D eigenvalue weighted by Gasteiger charge is 2.38. The van der Waals surface area contributed by atoms with E-state index in [-0.39, 0.29) is 17.5 Å². The number of hydrogen-bond donors (Lipinski definition) is 1. The van der Waals surface area contributed by atoms with Crippen LogP contribution in [0.15, 0.2) is 18.2 Å². The number of carbonyl (C=O) groups is 1. The third-order valence-electron chi connectivity index (χ3n) is 3.99. The zero-order valence-electron chi connectivity index (χ0n) is 9.89. The van der Waals surface area contributed by atoms with Gasteiger partial charge in [-0.15, -0.1) is 0 Å². The lowest BCUT2D eigenvalue weighted by atomic mass is 9.86. The molecule has 0 aromatic heterocycles. The third-order valence-corrected chi connectivity index (χ3v) is 3.99. The largest absolute Gasteiger partial charge is 0.325 e. The number of fused-ring (bicyclic) bond motifs is 1. The van der Waals surface area contributed by atoms with Gasteiger partial charge in [-0.05, 0) is 30.4 Å². The average molecular weight is 246 g/mol. The van der Waals surface area contributed by atoms with Crippen LogP contribution in [0.4, 0.5) is 11.4 Å². The van der Waals surface area contributed by atoms with Crippen molar-refractivity contribution < 1.29 is 9.72 Å². The molecule has 1 aliphatic heterocycles. The number of nitro benzene ring substituents is 1. The molecule has 1 amide bonds. The monoisotopic (exact) mass is 246 g/mol. The van der Waals surface area contributed by atoms with E-state index >= 15 is 0 Å². The molecule has 5 heteroatoms. The quantitative estimate of drug-likeness (QED) is 0.644. The first kappa shape index (κ1) is 11.2.